The fourth-order valence-corrected chi connectivity index (χ4v) is 7.34. The van der Waals surface area contributed by atoms with Gasteiger partial charge in [0.15, 0.2) is 0 Å². The highest BCUT2D eigenvalue weighted by atomic mass is 15.0. The van der Waals surface area contributed by atoms with Crippen LogP contribution in [-0.2, 0) is 0 Å². The molecule has 0 bridgehead atoms. The molecule has 48 heavy (non-hydrogen) atoms. The molecule has 4 nitrogen and oxygen atoms in total. The van der Waals surface area contributed by atoms with Crippen molar-refractivity contribution in [1.29, 1.82) is 10.5 Å². The van der Waals surface area contributed by atoms with Gasteiger partial charge in [0.25, 0.3) is 0 Å². The Labute approximate surface area is 277 Å². The van der Waals surface area contributed by atoms with E-state index in [2.05, 4.69) is 130 Å². The topological polar surface area (TPSA) is 57.4 Å². The Kier molecular flexibility index (Phi) is 6.22. The summed E-state index contributed by atoms with van der Waals surface area (Å²) in [6, 6.07) is 59.0. The van der Waals surface area contributed by atoms with Crippen molar-refractivity contribution >= 4 is 43.6 Å². The first-order chi connectivity index (χ1) is 23.7. The maximum absolute atomic E-state index is 10.4. The van der Waals surface area contributed by atoms with E-state index in [0.29, 0.717) is 11.1 Å². The zero-order chi connectivity index (χ0) is 32.2. The number of nitriles is 2. The Morgan fingerprint density at radius 2 is 0.979 bits per heavy atom. The number of aromatic nitrogens is 2. The standard InChI is InChI=1S/C44H26N4/c45-27-29-21-22-42-38(25-29)37-15-6-7-17-39(37)47(42)33-24-30(28-46)23-32(26-33)44-34(31-11-2-1-3-12-31)16-10-20-43(44)48-40-18-8-4-13-35(40)36-14-5-9-19-41(36)48/h1-26H. The van der Waals surface area contributed by atoms with Gasteiger partial charge in [-0.3, -0.25) is 0 Å². The van der Waals surface area contributed by atoms with E-state index >= 15 is 0 Å². The summed E-state index contributed by atoms with van der Waals surface area (Å²) < 4.78 is 4.57. The minimum Gasteiger partial charge on any atom is -0.309 e. The lowest BCUT2D eigenvalue weighted by atomic mass is 9.91. The van der Waals surface area contributed by atoms with Crippen LogP contribution in [0.2, 0.25) is 0 Å². The van der Waals surface area contributed by atoms with Crippen LogP contribution in [0.25, 0.3) is 77.2 Å². The van der Waals surface area contributed by atoms with Gasteiger partial charge in [-0.25, -0.2) is 0 Å². The summed E-state index contributed by atoms with van der Waals surface area (Å²) in [5.41, 5.74) is 11.5. The molecule has 2 aromatic heterocycles. The lowest BCUT2D eigenvalue weighted by Gasteiger charge is -2.20. The number of fused-ring (bicyclic) bond motifs is 6. The molecule has 0 fully saturated rings. The molecule has 0 aliphatic carbocycles. The first kappa shape index (κ1) is 27.4. The molecule has 4 heteroatoms. The molecule has 0 N–H and O–H groups in total. The second-order valence-corrected chi connectivity index (χ2v) is 12.0. The number of hydrogen-bond donors (Lipinski definition) is 0. The zero-order valence-electron chi connectivity index (χ0n) is 25.8. The summed E-state index contributed by atoms with van der Waals surface area (Å²) >= 11 is 0. The van der Waals surface area contributed by atoms with Crippen molar-refractivity contribution < 1.29 is 0 Å². The second kappa shape index (κ2) is 10.9. The van der Waals surface area contributed by atoms with Gasteiger partial charge in [-0.2, -0.15) is 10.5 Å². The minimum atomic E-state index is 0.568. The molecule has 7 aromatic carbocycles. The van der Waals surface area contributed by atoms with Gasteiger partial charge >= 0.3 is 0 Å². The van der Waals surface area contributed by atoms with Crippen molar-refractivity contribution in [2.45, 2.75) is 0 Å². The van der Waals surface area contributed by atoms with Crippen molar-refractivity contribution in [2.75, 3.05) is 0 Å². The van der Waals surface area contributed by atoms with Gasteiger partial charge in [0.1, 0.15) is 0 Å². The fourth-order valence-electron chi connectivity index (χ4n) is 7.34. The Balaban J connectivity index is 1.40. The van der Waals surface area contributed by atoms with Crippen LogP contribution < -0.4 is 0 Å². The third kappa shape index (κ3) is 4.14. The van der Waals surface area contributed by atoms with E-state index in [1.807, 2.05) is 48.5 Å². The molecule has 2 heterocycles. The van der Waals surface area contributed by atoms with Crippen LogP contribution in [0.4, 0.5) is 0 Å². The fraction of sp³-hybridized carbons (Fsp3) is 0. The van der Waals surface area contributed by atoms with Crippen LogP contribution in [0.1, 0.15) is 11.1 Å². The van der Waals surface area contributed by atoms with E-state index < -0.39 is 0 Å². The third-order valence-electron chi connectivity index (χ3n) is 9.34. The predicted octanol–water partition coefficient (Wildman–Crippen LogP) is 11.0. The smallest absolute Gasteiger partial charge is 0.0992 e. The van der Waals surface area contributed by atoms with Crippen LogP contribution in [0.5, 0.6) is 0 Å². The van der Waals surface area contributed by atoms with Gasteiger partial charge in [0, 0.05) is 32.8 Å². The molecule has 0 amide bonds. The van der Waals surface area contributed by atoms with E-state index in [4.69, 9.17) is 0 Å². The third-order valence-corrected chi connectivity index (χ3v) is 9.34. The maximum Gasteiger partial charge on any atom is 0.0992 e. The average Bonchev–Trinajstić information content (AvgIpc) is 3.67. The summed E-state index contributed by atoms with van der Waals surface area (Å²) in [6.07, 6.45) is 0. The highest BCUT2D eigenvalue weighted by Crippen LogP contribution is 2.42. The van der Waals surface area contributed by atoms with Crippen molar-refractivity contribution in [3.05, 3.63) is 169 Å². The molecule has 0 unspecified atom stereocenters. The second-order valence-electron chi connectivity index (χ2n) is 12.0. The molecule has 0 radical (unpaired) electrons. The normalized spacial score (nSPS) is 11.3. The molecule has 0 saturated carbocycles. The van der Waals surface area contributed by atoms with E-state index in [-0.39, 0.29) is 0 Å². The molecule has 0 spiro atoms. The molecular weight excluding hydrogens is 585 g/mol. The van der Waals surface area contributed by atoms with Gasteiger partial charge in [0.05, 0.1) is 51.0 Å². The van der Waals surface area contributed by atoms with E-state index in [9.17, 15) is 10.5 Å². The number of nitrogens with zero attached hydrogens (tertiary/aromatic N) is 4. The lowest BCUT2D eigenvalue weighted by molar-refractivity contribution is 1.17. The zero-order valence-corrected chi connectivity index (χ0v) is 25.8. The Morgan fingerprint density at radius 3 is 1.65 bits per heavy atom. The van der Waals surface area contributed by atoms with Gasteiger partial charge in [-0.1, -0.05) is 97.1 Å². The summed E-state index contributed by atoms with van der Waals surface area (Å²) in [5, 5.41) is 24.6. The lowest BCUT2D eigenvalue weighted by Crippen LogP contribution is -2.01. The highest BCUT2D eigenvalue weighted by molar-refractivity contribution is 6.11. The van der Waals surface area contributed by atoms with Crippen molar-refractivity contribution in [1.82, 2.24) is 9.13 Å². The number of benzene rings is 7. The van der Waals surface area contributed by atoms with Gasteiger partial charge in [-0.15, -0.1) is 0 Å². The van der Waals surface area contributed by atoms with E-state index in [0.717, 1.165) is 66.5 Å². The Bertz CT molecular complexity index is 2750. The molecule has 0 aliphatic rings. The first-order valence-corrected chi connectivity index (χ1v) is 15.9. The molecular formula is C44H26N4. The van der Waals surface area contributed by atoms with Crippen molar-refractivity contribution in [3.63, 3.8) is 0 Å². The summed E-state index contributed by atoms with van der Waals surface area (Å²) in [4.78, 5) is 0. The summed E-state index contributed by atoms with van der Waals surface area (Å²) in [5.74, 6) is 0. The van der Waals surface area contributed by atoms with Crippen molar-refractivity contribution in [2.24, 2.45) is 0 Å². The number of para-hydroxylation sites is 3. The summed E-state index contributed by atoms with van der Waals surface area (Å²) in [6.45, 7) is 0. The van der Waals surface area contributed by atoms with Crippen LogP contribution in [0, 0.1) is 22.7 Å². The Hall–Kier alpha value is -6.88. The molecule has 9 aromatic rings. The summed E-state index contributed by atoms with van der Waals surface area (Å²) in [7, 11) is 0. The van der Waals surface area contributed by atoms with Crippen LogP contribution in [0.15, 0.2) is 158 Å². The molecule has 0 aliphatic heterocycles. The van der Waals surface area contributed by atoms with Crippen LogP contribution in [0.3, 0.4) is 0 Å². The quantitative estimate of drug-likeness (QED) is 0.199. The molecule has 9 rings (SSSR count). The largest absolute Gasteiger partial charge is 0.309 e. The van der Waals surface area contributed by atoms with E-state index in [1.165, 1.54) is 10.8 Å². The molecule has 0 saturated heterocycles. The van der Waals surface area contributed by atoms with E-state index in [1.54, 1.807) is 0 Å². The van der Waals surface area contributed by atoms with Crippen molar-refractivity contribution in [3.8, 4) is 45.8 Å². The van der Waals surface area contributed by atoms with Gasteiger partial charge in [-0.05, 0) is 77.4 Å². The molecule has 222 valence electrons. The highest BCUT2D eigenvalue weighted by Gasteiger charge is 2.21. The first-order valence-electron chi connectivity index (χ1n) is 15.9. The number of rotatable bonds is 4. The average molecular weight is 611 g/mol. The molecule has 0 atom stereocenters. The Morgan fingerprint density at radius 1 is 0.396 bits per heavy atom. The SMILES string of the molecule is N#Cc1cc(-c2c(-c3ccccc3)cccc2-n2c3ccccc3c3ccccc32)cc(-n2c3ccccc3c3cc(C#N)ccc32)c1. The predicted molar refractivity (Wildman–Crippen MR) is 195 cm³/mol. The van der Waals surface area contributed by atoms with Gasteiger partial charge < -0.3 is 9.13 Å². The number of hydrogen-bond acceptors (Lipinski definition) is 2. The van der Waals surface area contributed by atoms with Gasteiger partial charge in [0.2, 0.25) is 0 Å². The monoisotopic (exact) mass is 610 g/mol. The van der Waals surface area contributed by atoms with Crippen LogP contribution >= 0.6 is 0 Å². The maximum atomic E-state index is 10.4. The minimum absolute atomic E-state index is 0.568. The van der Waals surface area contributed by atoms with Crippen LogP contribution in [-0.4, -0.2) is 9.13 Å².